The molecule has 0 radical (unpaired) electrons. The first-order chi connectivity index (χ1) is 7.72. The van der Waals surface area contributed by atoms with E-state index >= 15 is 0 Å². The van der Waals surface area contributed by atoms with Gasteiger partial charge in [-0.05, 0) is 12.3 Å². The highest BCUT2D eigenvalue weighted by molar-refractivity contribution is 5.67. The van der Waals surface area contributed by atoms with Crippen LogP contribution in [0.2, 0.25) is 0 Å². The van der Waals surface area contributed by atoms with Gasteiger partial charge in [-0.25, -0.2) is 0 Å². The molecule has 1 fully saturated rings. The first-order valence-electron chi connectivity index (χ1n) is 6.33. The number of hydrogen-bond acceptors (Lipinski definition) is 2. The van der Waals surface area contributed by atoms with Crippen LogP contribution >= 0.6 is 0 Å². The van der Waals surface area contributed by atoms with Gasteiger partial charge < -0.3 is 5.11 Å². The van der Waals surface area contributed by atoms with E-state index in [1.165, 1.54) is 38.5 Å². The van der Waals surface area contributed by atoms with E-state index in [0.717, 1.165) is 18.8 Å². The minimum atomic E-state index is -0.857. The third kappa shape index (κ3) is 5.16. The summed E-state index contributed by atoms with van der Waals surface area (Å²) >= 11 is 0. The summed E-state index contributed by atoms with van der Waals surface area (Å²) in [7, 11) is 0. The predicted molar refractivity (Wildman–Crippen MR) is 61.8 cm³/mol. The van der Waals surface area contributed by atoms with Gasteiger partial charge in [0, 0.05) is 0 Å². The monoisotopic (exact) mass is 223 g/mol. The number of nitriles is 1. The predicted octanol–water partition coefficient (Wildman–Crippen LogP) is 3.35. The van der Waals surface area contributed by atoms with Crippen LogP contribution in [0.25, 0.3) is 0 Å². The van der Waals surface area contributed by atoms with E-state index in [-0.39, 0.29) is 12.3 Å². The Hall–Kier alpha value is -1.04. The average Bonchev–Trinajstić information content (AvgIpc) is 2.28. The van der Waals surface area contributed by atoms with Crippen molar-refractivity contribution in [2.45, 2.75) is 57.8 Å². The Balaban J connectivity index is 2.12. The minimum Gasteiger partial charge on any atom is -0.481 e. The van der Waals surface area contributed by atoms with Crippen LogP contribution in [-0.2, 0) is 4.79 Å². The van der Waals surface area contributed by atoms with Crippen molar-refractivity contribution in [2.24, 2.45) is 11.8 Å². The zero-order valence-electron chi connectivity index (χ0n) is 9.82. The van der Waals surface area contributed by atoms with Crippen molar-refractivity contribution in [3.8, 4) is 6.07 Å². The van der Waals surface area contributed by atoms with Gasteiger partial charge in [0.25, 0.3) is 0 Å². The van der Waals surface area contributed by atoms with E-state index in [9.17, 15) is 4.79 Å². The van der Waals surface area contributed by atoms with Crippen molar-refractivity contribution < 1.29 is 9.90 Å². The minimum absolute atomic E-state index is 0.00116. The van der Waals surface area contributed by atoms with Crippen LogP contribution < -0.4 is 0 Å². The average molecular weight is 223 g/mol. The van der Waals surface area contributed by atoms with Gasteiger partial charge >= 0.3 is 5.97 Å². The number of hydrogen-bond donors (Lipinski definition) is 1. The summed E-state index contributed by atoms with van der Waals surface area (Å²) in [5, 5.41) is 17.4. The maximum Gasteiger partial charge on any atom is 0.304 e. The number of carboxylic acid groups (broad SMARTS) is 1. The van der Waals surface area contributed by atoms with Crippen molar-refractivity contribution in [1.29, 1.82) is 5.26 Å². The molecule has 0 aromatic rings. The molecule has 1 saturated carbocycles. The van der Waals surface area contributed by atoms with Crippen molar-refractivity contribution in [3.63, 3.8) is 0 Å². The molecule has 0 heterocycles. The molecule has 0 aromatic heterocycles. The number of nitrogens with zero attached hydrogens (tertiary/aromatic N) is 1. The molecule has 1 rings (SSSR count). The molecule has 1 aliphatic rings. The molecule has 1 atom stereocenters. The van der Waals surface area contributed by atoms with E-state index in [2.05, 4.69) is 6.07 Å². The molecule has 3 heteroatoms. The fraction of sp³-hybridized carbons (Fsp3) is 0.846. The van der Waals surface area contributed by atoms with E-state index < -0.39 is 5.97 Å². The second-order valence-corrected chi connectivity index (χ2v) is 4.86. The summed E-state index contributed by atoms with van der Waals surface area (Å²) < 4.78 is 0. The Labute approximate surface area is 97.5 Å². The highest BCUT2D eigenvalue weighted by Gasteiger charge is 2.15. The molecule has 0 aliphatic heterocycles. The van der Waals surface area contributed by atoms with Gasteiger partial charge in [0.05, 0.1) is 18.4 Å². The molecule has 0 bridgehead atoms. The van der Waals surface area contributed by atoms with Gasteiger partial charge in [0.15, 0.2) is 0 Å². The lowest BCUT2D eigenvalue weighted by Gasteiger charge is -2.21. The number of rotatable bonds is 6. The lowest BCUT2D eigenvalue weighted by molar-refractivity contribution is -0.137. The molecular formula is C13H21NO2. The Morgan fingerprint density at radius 1 is 1.38 bits per heavy atom. The van der Waals surface area contributed by atoms with Gasteiger partial charge in [-0.15, -0.1) is 0 Å². The SMILES string of the molecule is N#C[C@H](CCCC1CCCCC1)CC(=O)O. The molecule has 0 aromatic carbocycles. The molecule has 0 amide bonds. The summed E-state index contributed by atoms with van der Waals surface area (Å²) in [6.07, 6.45) is 9.67. The van der Waals surface area contributed by atoms with Gasteiger partial charge in [-0.1, -0.05) is 44.9 Å². The van der Waals surface area contributed by atoms with Crippen LogP contribution in [0.4, 0.5) is 0 Å². The molecule has 16 heavy (non-hydrogen) atoms. The van der Waals surface area contributed by atoms with Gasteiger partial charge in [-0.2, -0.15) is 5.26 Å². The van der Waals surface area contributed by atoms with Crippen LogP contribution in [0.3, 0.4) is 0 Å². The summed E-state index contributed by atoms with van der Waals surface area (Å²) in [4.78, 5) is 10.5. The third-order valence-corrected chi connectivity index (χ3v) is 3.49. The smallest absolute Gasteiger partial charge is 0.304 e. The maximum atomic E-state index is 10.5. The lowest BCUT2D eigenvalue weighted by atomic mass is 9.85. The lowest BCUT2D eigenvalue weighted by Crippen LogP contribution is -2.09. The van der Waals surface area contributed by atoms with Gasteiger partial charge in [0.2, 0.25) is 0 Å². The Morgan fingerprint density at radius 3 is 2.62 bits per heavy atom. The van der Waals surface area contributed by atoms with Crippen LogP contribution in [0.15, 0.2) is 0 Å². The highest BCUT2D eigenvalue weighted by atomic mass is 16.4. The quantitative estimate of drug-likeness (QED) is 0.751. The van der Waals surface area contributed by atoms with Crippen molar-refractivity contribution >= 4 is 5.97 Å². The number of aliphatic carboxylic acids is 1. The number of carboxylic acids is 1. The second kappa shape index (κ2) is 7.27. The van der Waals surface area contributed by atoms with E-state index in [0.29, 0.717) is 0 Å². The molecule has 0 saturated heterocycles. The second-order valence-electron chi connectivity index (χ2n) is 4.86. The van der Waals surface area contributed by atoms with E-state index in [4.69, 9.17) is 10.4 Å². The first-order valence-corrected chi connectivity index (χ1v) is 6.33. The fourth-order valence-corrected chi connectivity index (χ4v) is 2.55. The zero-order valence-corrected chi connectivity index (χ0v) is 9.82. The van der Waals surface area contributed by atoms with Crippen LogP contribution in [0, 0.1) is 23.2 Å². The molecule has 3 nitrogen and oxygen atoms in total. The standard InChI is InChI=1S/C13H21NO2/c14-10-12(9-13(15)16)8-4-7-11-5-2-1-3-6-11/h11-12H,1-9H2,(H,15,16)/t12-/m1/s1. The van der Waals surface area contributed by atoms with Crippen molar-refractivity contribution in [2.75, 3.05) is 0 Å². The summed E-state index contributed by atoms with van der Waals surface area (Å²) in [6, 6.07) is 2.09. The Kier molecular flexibility index (Phi) is 5.92. The Morgan fingerprint density at radius 2 is 2.06 bits per heavy atom. The topological polar surface area (TPSA) is 61.1 Å². The molecule has 0 spiro atoms. The summed E-state index contributed by atoms with van der Waals surface area (Å²) in [5.41, 5.74) is 0. The van der Waals surface area contributed by atoms with Gasteiger partial charge in [-0.3, -0.25) is 4.79 Å². The summed E-state index contributed by atoms with van der Waals surface area (Å²) in [6.45, 7) is 0. The largest absolute Gasteiger partial charge is 0.481 e. The van der Waals surface area contributed by atoms with Gasteiger partial charge in [0.1, 0.15) is 0 Å². The molecule has 90 valence electrons. The molecule has 0 unspecified atom stereocenters. The molecule has 1 N–H and O–H groups in total. The first kappa shape index (κ1) is 13.0. The van der Waals surface area contributed by atoms with Crippen LogP contribution in [-0.4, -0.2) is 11.1 Å². The Bertz CT molecular complexity index is 251. The molecule has 1 aliphatic carbocycles. The van der Waals surface area contributed by atoms with E-state index in [1.807, 2.05) is 0 Å². The fourth-order valence-electron chi connectivity index (χ4n) is 2.55. The zero-order chi connectivity index (χ0) is 11.8. The normalized spacial score (nSPS) is 18.9. The van der Waals surface area contributed by atoms with Crippen LogP contribution in [0.1, 0.15) is 57.8 Å². The van der Waals surface area contributed by atoms with Crippen molar-refractivity contribution in [3.05, 3.63) is 0 Å². The van der Waals surface area contributed by atoms with Crippen molar-refractivity contribution in [1.82, 2.24) is 0 Å². The van der Waals surface area contributed by atoms with Crippen LogP contribution in [0.5, 0.6) is 0 Å². The highest BCUT2D eigenvalue weighted by Crippen LogP contribution is 2.28. The molecular weight excluding hydrogens is 202 g/mol. The third-order valence-electron chi connectivity index (χ3n) is 3.49. The summed E-state index contributed by atoms with van der Waals surface area (Å²) in [5.74, 6) is -0.316. The van der Waals surface area contributed by atoms with E-state index in [1.54, 1.807) is 0 Å². The maximum absolute atomic E-state index is 10.5. The number of carbonyl (C=O) groups is 1.